The Morgan fingerprint density at radius 1 is 0.912 bits per heavy atom. The zero-order chi connectivity index (χ0) is 24.1. The summed E-state index contributed by atoms with van der Waals surface area (Å²) in [5, 5.41) is 0. The highest BCUT2D eigenvalue weighted by Gasteiger charge is 2.19. The van der Waals surface area contributed by atoms with Crippen LogP contribution in [-0.4, -0.2) is 19.2 Å². The fraction of sp³-hybridized carbons (Fsp3) is 0.0800. The maximum absolute atomic E-state index is 13.2. The summed E-state index contributed by atoms with van der Waals surface area (Å²) in [6, 6.07) is 21.4. The standard InChI is InChI=1S/C25H19BrFNO5S/c26-20-7-5-19(6-8-20)25(29)28(17-23-2-1-15-32-23)16-18-3-11-22(12-4-18)33-34(30,31)24-13-9-21(27)10-14-24/h1-15H,16-17H2. The molecule has 0 bridgehead atoms. The van der Waals surface area contributed by atoms with Gasteiger partial charge in [-0.2, -0.15) is 8.42 Å². The van der Waals surface area contributed by atoms with E-state index in [9.17, 15) is 17.6 Å². The lowest BCUT2D eigenvalue weighted by molar-refractivity contribution is 0.0717. The SMILES string of the molecule is O=C(c1ccc(Br)cc1)N(Cc1ccc(OS(=O)(=O)c2ccc(F)cc2)cc1)Cc1ccco1. The summed E-state index contributed by atoms with van der Waals surface area (Å²) in [6.07, 6.45) is 1.55. The third-order valence-corrected chi connectivity index (χ3v) is 6.70. The van der Waals surface area contributed by atoms with Crippen molar-refractivity contribution in [1.82, 2.24) is 4.90 Å². The van der Waals surface area contributed by atoms with Crippen LogP contribution < -0.4 is 4.18 Å². The Balaban J connectivity index is 1.50. The summed E-state index contributed by atoms with van der Waals surface area (Å²) in [7, 11) is -4.10. The zero-order valence-electron chi connectivity index (χ0n) is 17.7. The molecule has 0 saturated heterocycles. The van der Waals surface area contributed by atoms with Crippen LogP contribution in [0.1, 0.15) is 21.7 Å². The molecule has 6 nitrogen and oxygen atoms in total. The van der Waals surface area contributed by atoms with Crippen molar-refractivity contribution in [1.29, 1.82) is 0 Å². The van der Waals surface area contributed by atoms with Gasteiger partial charge in [0.05, 0.1) is 12.8 Å². The maximum Gasteiger partial charge on any atom is 0.339 e. The third kappa shape index (κ3) is 5.92. The number of hydrogen-bond donors (Lipinski definition) is 0. The average Bonchev–Trinajstić information content (AvgIpc) is 3.33. The molecule has 0 aliphatic carbocycles. The molecule has 1 heterocycles. The average molecular weight is 544 g/mol. The molecule has 9 heteroatoms. The van der Waals surface area contributed by atoms with Crippen molar-refractivity contribution < 1.29 is 26.2 Å². The van der Waals surface area contributed by atoms with Crippen molar-refractivity contribution >= 4 is 32.0 Å². The van der Waals surface area contributed by atoms with E-state index < -0.39 is 15.9 Å². The molecule has 1 amide bonds. The van der Waals surface area contributed by atoms with Gasteiger partial charge in [-0.15, -0.1) is 0 Å². The smallest absolute Gasteiger partial charge is 0.339 e. The normalized spacial score (nSPS) is 11.2. The predicted molar refractivity (Wildman–Crippen MR) is 127 cm³/mol. The Bertz CT molecular complexity index is 1350. The minimum atomic E-state index is -4.10. The molecule has 4 aromatic rings. The lowest BCUT2D eigenvalue weighted by Crippen LogP contribution is -2.30. The van der Waals surface area contributed by atoms with Crippen LogP contribution in [0.5, 0.6) is 5.75 Å². The zero-order valence-corrected chi connectivity index (χ0v) is 20.1. The molecule has 0 unspecified atom stereocenters. The summed E-state index contributed by atoms with van der Waals surface area (Å²) >= 11 is 3.37. The van der Waals surface area contributed by atoms with Crippen molar-refractivity contribution in [3.8, 4) is 5.75 Å². The van der Waals surface area contributed by atoms with E-state index >= 15 is 0 Å². The van der Waals surface area contributed by atoms with Crippen molar-refractivity contribution in [2.45, 2.75) is 18.0 Å². The summed E-state index contributed by atoms with van der Waals surface area (Å²) < 4.78 is 49.3. The summed E-state index contributed by atoms with van der Waals surface area (Å²) in [4.78, 5) is 14.6. The van der Waals surface area contributed by atoms with Gasteiger partial charge < -0.3 is 13.5 Å². The summed E-state index contributed by atoms with van der Waals surface area (Å²) in [5.74, 6) is 0.0175. The second-order valence-corrected chi connectivity index (χ2v) is 9.84. The summed E-state index contributed by atoms with van der Waals surface area (Å²) in [5.41, 5.74) is 1.30. The predicted octanol–water partition coefficient (Wildman–Crippen LogP) is 5.79. The minimum absolute atomic E-state index is 0.102. The number of rotatable bonds is 8. The number of carbonyl (C=O) groups is 1. The van der Waals surface area contributed by atoms with Gasteiger partial charge in [0, 0.05) is 16.6 Å². The first-order valence-corrected chi connectivity index (χ1v) is 12.4. The van der Waals surface area contributed by atoms with Crippen LogP contribution in [0, 0.1) is 5.82 Å². The van der Waals surface area contributed by atoms with E-state index in [1.807, 2.05) is 0 Å². The Morgan fingerprint density at radius 2 is 1.59 bits per heavy atom. The van der Waals surface area contributed by atoms with Crippen LogP contribution in [0.3, 0.4) is 0 Å². The number of amides is 1. The monoisotopic (exact) mass is 543 g/mol. The molecule has 0 radical (unpaired) electrons. The number of hydrogen-bond acceptors (Lipinski definition) is 5. The van der Waals surface area contributed by atoms with E-state index in [1.54, 1.807) is 59.7 Å². The highest BCUT2D eigenvalue weighted by atomic mass is 79.9. The molecule has 4 rings (SSSR count). The minimum Gasteiger partial charge on any atom is -0.467 e. The van der Waals surface area contributed by atoms with Crippen molar-refractivity contribution in [2.75, 3.05) is 0 Å². The molecule has 0 aliphatic heterocycles. The van der Waals surface area contributed by atoms with E-state index in [-0.39, 0.29) is 29.6 Å². The Labute approximate surface area is 204 Å². The Morgan fingerprint density at radius 3 is 2.21 bits per heavy atom. The number of nitrogens with zero attached hydrogens (tertiary/aromatic N) is 1. The molecule has 0 atom stereocenters. The van der Waals surface area contributed by atoms with E-state index in [2.05, 4.69) is 15.9 Å². The van der Waals surface area contributed by atoms with E-state index in [0.29, 0.717) is 11.3 Å². The second kappa shape index (κ2) is 10.2. The maximum atomic E-state index is 13.2. The fourth-order valence-corrected chi connectivity index (χ4v) is 4.41. The molecule has 0 N–H and O–H groups in total. The first-order chi connectivity index (χ1) is 16.3. The molecule has 0 spiro atoms. The van der Waals surface area contributed by atoms with Gasteiger partial charge in [-0.3, -0.25) is 4.79 Å². The molecule has 0 aliphatic rings. The van der Waals surface area contributed by atoms with E-state index in [4.69, 9.17) is 8.60 Å². The quantitative estimate of drug-likeness (QED) is 0.263. The lowest BCUT2D eigenvalue weighted by Gasteiger charge is -2.22. The number of carbonyl (C=O) groups excluding carboxylic acids is 1. The molecule has 3 aromatic carbocycles. The van der Waals surface area contributed by atoms with Gasteiger partial charge in [0.25, 0.3) is 5.91 Å². The van der Waals surface area contributed by atoms with Crippen LogP contribution in [-0.2, 0) is 23.2 Å². The number of halogens is 2. The van der Waals surface area contributed by atoms with Gasteiger partial charge in [0.2, 0.25) is 0 Å². The molecular weight excluding hydrogens is 525 g/mol. The second-order valence-electron chi connectivity index (χ2n) is 7.38. The summed E-state index contributed by atoms with van der Waals surface area (Å²) in [6.45, 7) is 0.527. The van der Waals surface area contributed by atoms with Crippen LogP contribution >= 0.6 is 15.9 Å². The van der Waals surface area contributed by atoms with Crippen molar-refractivity contribution in [2.24, 2.45) is 0 Å². The van der Waals surface area contributed by atoms with Gasteiger partial charge in [-0.05, 0) is 78.4 Å². The Kier molecular flexibility index (Phi) is 7.14. The fourth-order valence-electron chi connectivity index (χ4n) is 3.21. The van der Waals surface area contributed by atoms with Crippen LogP contribution in [0.25, 0.3) is 0 Å². The van der Waals surface area contributed by atoms with Gasteiger partial charge in [0.15, 0.2) is 0 Å². The largest absolute Gasteiger partial charge is 0.467 e. The molecule has 174 valence electrons. The third-order valence-electron chi connectivity index (χ3n) is 4.91. The first kappa shape index (κ1) is 23.7. The van der Waals surface area contributed by atoms with Crippen molar-refractivity contribution in [3.05, 3.63) is 118 Å². The van der Waals surface area contributed by atoms with Gasteiger partial charge in [-0.1, -0.05) is 28.1 Å². The van der Waals surface area contributed by atoms with Crippen molar-refractivity contribution in [3.63, 3.8) is 0 Å². The molecule has 0 fully saturated rings. The van der Waals surface area contributed by atoms with Gasteiger partial charge in [0.1, 0.15) is 22.2 Å². The van der Waals surface area contributed by atoms with Crippen LogP contribution in [0.2, 0.25) is 0 Å². The molecule has 0 saturated carbocycles. The Hall–Kier alpha value is -3.43. The van der Waals surface area contributed by atoms with Crippen LogP contribution in [0.4, 0.5) is 4.39 Å². The first-order valence-electron chi connectivity index (χ1n) is 10.2. The van der Waals surface area contributed by atoms with Crippen LogP contribution in [0.15, 0.2) is 105 Å². The van der Waals surface area contributed by atoms with Gasteiger partial charge in [-0.25, -0.2) is 4.39 Å². The molecular formula is C25H19BrFNO5S. The molecule has 1 aromatic heterocycles. The highest BCUT2D eigenvalue weighted by molar-refractivity contribution is 9.10. The van der Waals surface area contributed by atoms with E-state index in [1.165, 1.54) is 12.1 Å². The highest BCUT2D eigenvalue weighted by Crippen LogP contribution is 2.22. The van der Waals surface area contributed by atoms with Gasteiger partial charge >= 0.3 is 10.1 Å². The number of benzene rings is 3. The van der Waals surface area contributed by atoms with E-state index in [0.717, 1.165) is 34.3 Å². The number of furan rings is 1. The lowest BCUT2D eigenvalue weighted by atomic mass is 10.1. The topological polar surface area (TPSA) is 76.8 Å². The molecule has 34 heavy (non-hydrogen) atoms.